The molecular formula is C32H38FN3O4S. The van der Waals surface area contributed by atoms with Gasteiger partial charge in [-0.1, -0.05) is 48.5 Å². The van der Waals surface area contributed by atoms with Crippen molar-refractivity contribution in [2.75, 3.05) is 32.4 Å². The van der Waals surface area contributed by atoms with Gasteiger partial charge in [0.2, 0.25) is 5.91 Å². The maximum Gasteiger partial charge on any atom is 0.251 e. The molecule has 0 aromatic heterocycles. The SMILES string of the molecule is CCN(C(=O)Cc1ccc(S(C)(=O)=O)cc1)C1CCN(CC[C@H](NC(=O)c2cccc(F)c2)c2ccccc2)CC1. The number of nitrogens with one attached hydrogen (secondary N) is 1. The summed E-state index contributed by atoms with van der Waals surface area (Å²) in [5.74, 6) is -0.705. The predicted octanol–water partition coefficient (Wildman–Crippen LogP) is 4.65. The number of sulfone groups is 1. The fraction of sp³-hybridized carbons (Fsp3) is 0.375. The van der Waals surface area contributed by atoms with Gasteiger partial charge in [0.25, 0.3) is 5.91 Å². The average molecular weight is 580 g/mol. The zero-order valence-corrected chi connectivity index (χ0v) is 24.4. The van der Waals surface area contributed by atoms with Crippen LogP contribution in [0.25, 0.3) is 0 Å². The van der Waals surface area contributed by atoms with Crippen molar-refractivity contribution in [2.24, 2.45) is 0 Å². The number of carbonyl (C=O) groups is 2. The second-order valence-corrected chi connectivity index (χ2v) is 12.6. The van der Waals surface area contributed by atoms with Gasteiger partial charge in [0.1, 0.15) is 5.82 Å². The number of piperidine rings is 1. The first-order valence-corrected chi connectivity index (χ1v) is 16.0. The highest BCUT2D eigenvalue weighted by atomic mass is 32.2. The first-order valence-electron chi connectivity index (χ1n) is 14.1. The molecule has 1 heterocycles. The number of amides is 2. The van der Waals surface area contributed by atoms with Crippen molar-refractivity contribution in [1.29, 1.82) is 0 Å². The van der Waals surface area contributed by atoms with E-state index >= 15 is 0 Å². The fourth-order valence-electron chi connectivity index (χ4n) is 5.41. The zero-order chi connectivity index (χ0) is 29.4. The number of hydrogen-bond acceptors (Lipinski definition) is 5. The Hall–Kier alpha value is -3.56. The Morgan fingerprint density at radius 2 is 1.68 bits per heavy atom. The second-order valence-electron chi connectivity index (χ2n) is 10.6. The fourth-order valence-corrected chi connectivity index (χ4v) is 6.04. The summed E-state index contributed by atoms with van der Waals surface area (Å²) in [4.78, 5) is 30.6. The van der Waals surface area contributed by atoms with Crippen LogP contribution in [0, 0.1) is 5.82 Å². The number of rotatable bonds is 11. The Morgan fingerprint density at radius 1 is 1.00 bits per heavy atom. The monoisotopic (exact) mass is 579 g/mol. The molecule has 7 nitrogen and oxygen atoms in total. The van der Waals surface area contributed by atoms with E-state index in [0.29, 0.717) is 18.5 Å². The Kier molecular flexibility index (Phi) is 10.3. The van der Waals surface area contributed by atoms with Gasteiger partial charge in [0.05, 0.1) is 17.4 Å². The maximum absolute atomic E-state index is 13.7. The van der Waals surface area contributed by atoms with E-state index in [-0.39, 0.29) is 35.2 Å². The number of carbonyl (C=O) groups excluding carboxylic acids is 2. The van der Waals surface area contributed by atoms with E-state index in [9.17, 15) is 22.4 Å². The highest BCUT2D eigenvalue weighted by molar-refractivity contribution is 7.90. The highest BCUT2D eigenvalue weighted by Crippen LogP contribution is 2.22. The van der Waals surface area contributed by atoms with Crippen molar-refractivity contribution in [3.8, 4) is 0 Å². The molecule has 0 saturated carbocycles. The van der Waals surface area contributed by atoms with Gasteiger partial charge in [-0.2, -0.15) is 0 Å². The third kappa shape index (κ3) is 8.47. The number of hydrogen-bond donors (Lipinski definition) is 1. The van der Waals surface area contributed by atoms with Crippen LogP contribution in [0.2, 0.25) is 0 Å². The normalized spacial score (nSPS) is 15.3. The molecule has 1 fully saturated rings. The summed E-state index contributed by atoms with van der Waals surface area (Å²) in [5, 5.41) is 3.08. The molecule has 41 heavy (non-hydrogen) atoms. The summed E-state index contributed by atoms with van der Waals surface area (Å²) in [6, 6.07) is 22.0. The van der Waals surface area contributed by atoms with Gasteiger partial charge in [-0.05, 0) is 67.6 Å². The van der Waals surface area contributed by atoms with Crippen molar-refractivity contribution in [1.82, 2.24) is 15.1 Å². The van der Waals surface area contributed by atoms with E-state index in [0.717, 1.165) is 43.6 Å². The summed E-state index contributed by atoms with van der Waals surface area (Å²) in [5.41, 5.74) is 2.09. The standard InChI is InChI=1S/C32H38FN3O4S/c1-3-36(31(37)22-24-12-14-29(15-13-24)41(2,39)40)28-16-19-35(20-17-28)21-18-30(25-8-5-4-6-9-25)34-32(38)26-10-7-11-27(33)23-26/h4-15,23,28,30H,3,16-22H2,1-2H3,(H,34,38)/t30-/m0/s1. The molecule has 0 unspecified atom stereocenters. The summed E-state index contributed by atoms with van der Waals surface area (Å²) in [7, 11) is -3.27. The van der Waals surface area contributed by atoms with Gasteiger partial charge < -0.3 is 15.1 Å². The molecule has 1 aliphatic heterocycles. The molecule has 1 aliphatic rings. The Balaban J connectivity index is 1.31. The third-order valence-electron chi connectivity index (χ3n) is 7.69. The number of halogens is 1. The van der Waals surface area contributed by atoms with E-state index in [1.807, 2.05) is 42.2 Å². The number of nitrogens with zero attached hydrogens (tertiary/aromatic N) is 2. The molecule has 4 rings (SSSR count). The minimum Gasteiger partial charge on any atom is -0.345 e. The maximum atomic E-state index is 13.7. The number of likely N-dealkylation sites (tertiary alicyclic amines) is 1. The Morgan fingerprint density at radius 3 is 2.29 bits per heavy atom. The summed E-state index contributed by atoms with van der Waals surface area (Å²) >= 11 is 0. The molecule has 0 aliphatic carbocycles. The van der Waals surface area contributed by atoms with Gasteiger partial charge in [-0.25, -0.2) is 12.8 Å². The molecule has 2 amide bonds. The van der Waals surface area contributed by atoms with Crippen LogP contribution in [-0.2, 0) is 21.1 Å². The lowest BCUT2D eigenvalue weighted by atomic mass is 9.99. The van der Waals surface area contributed by atoms with E-state index in [1.54, 1.807) is 30.3 Å². The van der Waals surface area contributed by atoms with Crippen LogP contribution in [-0.4, -0.2) is 68.5 Å². The van der Waals surface area contributed by atoms with Crippen LogP contribution in [0.15, 0.2) is 83.8 Å². The van der Waals surface area contributed by atoms with Gasteiger partial charge in [-0.15, -0.1) is 0 Å². The number of benzene rings is 3. The molecule has 3 aromatic rings. The van der Waals surface area contributed by atoms with Crippen LogP contribution < -0.4 is 5.32 Å². The second kappa shape index (κ2) is 13.9. The largest absolute Gasteiger partial charge is 0.345 e. The van der Waals surface area contributed by atoms with E-state index in [2.05, 4.69) is 10.2 Å². The molecule has 0 spiro atoms. The molecular weight excluding hydrogens is 541 g/mol. The van der Waals surface area contributed by atoms with Gasteiger partial charge in [0, 0.05) is 44.0 Å². The van der Waals surface area contributed by atoms with Crippen LogP contribution in [0.5, 0.6) is 0 Å². The molecule has 1 atom stereocenters. The van der Waals surface area contributed by atoms with Gasteiger partial charge in [0.15, 0.2) is 9.84 Å². The van der Waals surface area contributed by atoms with Gasteiger partial charge >= 0.3 is 0 Å². The van der Waals surface area contributed by atoms with E-state index < -0.39 is 15.7 Å². The summed E-state index contributed by atoms with van der Waals surface area (Å²) in [6.45, 7) is 5.08. The topological polar surface area (TPSA) is 86.8 Å². The van der Waals surface area contributed by atoms with Gasteiger partial charge in [-0.3, -0.25) is 9.59 Å². The molecule has 1 saturated heterocycles. The Labute approximate surface area is 242 Å². The minimum atomic E-state index is -3.27. The Bertz CT molecular complexity index is 1420. The number of likely N-dealkylation sites (N-methyl/N-ethyl adjacent to an activating group) is 1. The van der Waals surface area contributed by atoms with E-state index in [4.69, 9.17) is 0 Å². The molecule has 9 heteroatoms. The van der Waals surface area contributed by atoms with Crippen LogP contribution in [0.4, 0.5) is 4.39 Å². The van der Waals surface area contributed by atoms with Crippen molar-refractivity contribution in [3.63, 3.8) is 0 Å². The molecule has 218 valence electrons. The van der Waals surface area contributed by atoms with Crippen LogP contribution in [0.3, 0.4) is 0 Å². The lowest BCUT2D eigenvalue weighted by molar-refractivity contribution is -0.133. The van der Waals surface area contributed by atoms with Crippen molar-refractivity contribution in [2.45, 2.75) is 49.6 Å². The molecule has 0 bridgehead atoms. The molecule has 1 N–H and O–H groups in total. The average Bonchev–Trinajstić information content (AvgIpc) is 2.96. The zero-order valence-electron chi connectivity index (χ0n) is 23.6. The summed E-state index contributed by atoms with van der Waals surface area (Å²) < 4.78 is 37.1. The van der Waals surface area contributed by atoms with E-state index in [1.165, 1.54) is 24.5 Å². The first-order chi connectivity index (χ1) is 19.6. The minimum absolute atomic E-state index is 0.0438. The quantitative estimate of drug-likeness (QED) is 0.358. The summed E-state index contributed by atoms with van der Waals surface area (Å²) in [6.07, 6.45) is 3.83. The third-order valence-corrected chi connectivity index (χ3v) is 8.82. The lowest BCUT2D eigenvalue weighted by Gasteiger charge is -2.38. The predicted molar refractivity (Wildman–Crippen MR) is 158 cm³/mol. The highest BCUT2D eigenvalue weighted by Gasteiger charge is 2.27. The smallest absolute Gasteiger partial charge is 0.251 e. The van der Waals surface area contributed by atoms with Crippen LogP contribution >= 0.6 is 0 Å². The van der Waals surface area contributed by atoms with Crippen molar-refractivity contribution in [3.05, 3.63) is 101 Å². The van der Waals surface area contributed by atoms with Crippen LogP contribution in [0.1, 0.15) is 53.7 Å². The van der Waals surface area contributed by atoms with Crippen molar-refractivity contribution < 1.29 is 22.4 Å². The van der Waals surface area contributed by atoms with Crippen molar-refractivity contribution >= 4 is 21.7 Å². The molecule has 0 radical (unpaired) electrons. The lowest BCUT2D eigenvalue weighted by Crippen LogP contribution is -2.48. The molecule has 3 aromatic carbocycles. The first kappa shape index (κ1) is 30.4.